The molecule has 0 aromatic heterocycles. The molecule has 1 nitrogen and oxygen atoms in total. The lowest BCUT2D eigenvalue weighted by molar-refractivity contribution is -0.104. The van der Waals surface area contributed by atoms with Crippen molar-refractivity contribution in [2.24, 2.45) is 0 Å². The van der Waals surface area contributed by atoms with E-state index in [1.807, 2.05) is 0 Å². The fourth-order valence-corrected chi connectivity index (χ4v) is 1.08. The first-order valence-corrected chi connectivity index (χ1v) is 3.94. The van der Waals surface area contributed by atoms with Gasteiger partial charge in [-0.25, -0.2) is 4.39 Å². The zero-order valence-corrected chi connectivity index (χ0v) is 7.38. The standard InChI is InChI=1S/C10H6F4O/c11-8-3-1-2-7(6-8)9(4-5-15)10(12,13)14/h1-6H/b9-4+. The summed E-state index contributed by atoms with van der Waals surface area (Å²) in [6.07, 6.45) is -4.28. The molecule has 0 bridgehead atoms. The van der Waals surface area contributed by atoms with Crippen LogP contribution >= 0.6 is 0 Å². The normalized spacial score (nSPS) is 12.7. The fraction of sp³-hybridized carbons (Fsp3) is 0.100. The molecule has 1 aromatic carbocycles. The molecule has 0 saturated carbocycles. The smallest absolute Gasteiger partial charge is 0.299 e. The number of benzene rings is 1. The molecule has 1 aromatic rings. The van der Waals surface area contributed by atoms with Crippen molar-refractivity contribution < 1.29 is 22.4 Å². The molecular weight excluding hydrogens is 212 g/mol. The van der Waals surface area contributed by atoms with Gasteiger partial charge < -0.3 is 0 Å². The predicted molar refractivity (Wildman–Crippen MR) is 46.5 cm³/mol. The molecule has 0 heterocycles. The molecule has 0 N–H and O–H groups in total. The number of carbonyl (C=O) groups is 1. The molecule has 80 valence electrons. The molecule has 0 aliphatic heterocycles. The molecule has 0 atom stereocenters. The van der Waals surface area contributed by atoms with E-state index >= 15 is 0 Å². The molecule has 0 unspecified atom stereocenters. The van der Waals surface area contributed by atoms with Crippen molar-refractivity contribution >= 4 is 11.9 Å². The largest absolute Gasteiger partial charge is 0.417 e. The zero-order chi connectivity index (χ0) is 11.5. The lowest BCUT2D eigenvalue weighted by Gasteiger charge is -2.10. The first-order valence-electron chi connectivity index (χ1n) is 3.94. The molecule has 1 rings (SSSR count). The minimum Gasteiger partial charge on any atom is -0.299 e. The van der Waals surface area contributed by atoms with E-state index in [4.69, 9.17) is 0 Å². The van der Waals surface area contributed by atoms with Crippen LogP contribution in [-0.2, 0) is 4.79 Å². The second-order valence-corrected chi connectivity index (χ2v) is 2.72. The fourth-order valence-electron chi connectivity index (χ4n) is 1.08. The quantitative estimate of drug-likeness (QED) is 0.423. The summed E-state index contributed by atoms with van der Waals surface area (Å²) in [7, 11) is 0. The van der Waals surface area contributed by atoms with E-state index in [1.54, 1.807) is 0 Å². The van der Waals surface area contributed by atoms with E-state index in [9.17, 15) is 22.4 Å². The Labute approximate surface area is 83.0 Å². The summed E-state index contributed by atoms with van der Waals surface area (Å²) in [6, 6.07) is 3.99. The van der Waals surface area contributed by atoms with E-state index in [0.29, 0.717) is 6.08 Å². The number of carbonyl (C=O) groups excluding carboxylic acids is 1. The highest BCUT2D eigenvalue weighted by atomic mass is 19.4. The van der Waals surface area contributed by atoms with Gasteiger partial charge in [-0.3, -0.25) is 4.79 Å². The van der Waals surface area contributed by atoms with Crippen LogP contribution in [0, 0.1) is 5.82 Å². The third-order valence-corrected chi connectivity index (χ3v) is 1.68. The Morgan fingerprint density at radius 3 is 2.40 bits per heavy atom. The Morgan fingerprint density at radius 1 is 1.27 bits per heavy atom. The maximum absolute atomic E-state index is 12.7. The van der Waals surface area contributed by atoms with Gasteiger partial charge in [0, 0.05) is 0 Å². The van der Waals surface area contributed by atoms with Gasteiger partial charge >= 0.3 is 6.18 Å². The highest BCUT2D eigenvalue weighted by Gasteiger charge is 2.34. The summed E-state index contributed by atoms with van der Waals surface area (Å²) >= 11 is 0. The highest BCUT2D eigenvalue weighted by Crippen LogP contribution is 2.33. The Bertz CT molecular complexity index is 393. The van der Waals surface area contributed by atoms with Gasteiger partial charge in [0.15, 0.2) is 0 Å². The molecule has 0 amide bonds. The van der Waals surface area contributed by atoms with E-state index < -0.39 is 17.6 Å². The van der Waals surface area contributed by atoms with Gasteiger partial charge in [-0.2, -0.15) is 13.2 Å². The number of alkyl halides is 3. The summed E-state index contributed by atoms with van der Waals surface area (Å²) < 4.78 is 49.8. The topological polar surface area (TPSA) is 17.1 Å². The van der Waals surface area contributed by atoms with Gasteiger partial charge in [0.05, 0.1) is 5.57 Å². The van der Waals surface area contributed by atoms with Crippen molar-refractivity contribution in [2.75, 3.05) is 0 Å². The highest BCUT2D eigenvalue weighted by molar-refractivity contribution is 5.83. The summed E-state index contributed by atoms with van der Waals surface area (Å²) in [5, 5.41) is 0. The van der Waals surface area contributed by atoms with Crippen LogP contribution < -0.4 is 0 Å². The van der Waals surface area contributed by atoms with Crippen molar-refractivity contribution in [2.45, 2.75) is 6.18 Å². The van der Waals surface area contributed by atoms with Gasteiger partial charge in [-0.15, -0.1) is 0 Å². The van der Waals surface area contributed by atoms with Crippen LogP contribution in [0.15, 0.2) is 30.3 Å². The Hall–Kier alpha value is -1.65. The summed E-state index contributed by atoms with van der Waals surface area (Å²) in [6.45, 7) is 0. The molecule has 0 saturated heterocycles. The van der Waals surface area contributed by atoms with Gasteiger partial charge in [0.2, 0.25) is 0 Å². The van der Waals surface area contributed by atoms with Crippen LogP contribution in [0.25, 0.3) is 5.57 Å². The average Bonchev–Trinajstić information content (AvgIpc) is 2.12. The Morgan fingerprint density at radius 2 is 1.93 bits per heavy atom. The molecule has 0 fully saturated rings. The van der Waals surface area contributed by atoms with Crippen molar-refractivity contribution in [3.63, 3.8) is 0 Å². The molecule has 15 heavy (non-hydrogen) atoms. The van der Waals surface area contributed by atoms with Gasteiger partial charge in [0.1, 0.15) is 12.1 Å². The SMILES string of the molecule is O=C/C=C(\c1cccc(F)c1)C(F)(F)F. The maximum Gasteiger partial charge on any atom is 0.417 e. The van der Waals surface area contributed by atoms with Crippen LogP contribution in [0.3, 0.4) is 0 Å². The number of hydrogen-bond acceptors (Lipinski definition) is 1. The monoisotopic (exact) mass is 218 g/mol. The van der Waals surface area contributed by atoms with Crippen LogP contribution in [0.4, 0.5) is 17.6 Å². The summed E-state index contributed by atoms with van der Waals surface area (Å²) in [5.74, 6) is -0.784. The van der Waals surface area contributed by atoms with E-state index in [1.165, 1.54) is 0 Å². The second kappa shape index (κ2) is 4.25. The third-order valence-electron chi connectivity index (χ3n) is 1.68. The molecule has 0 aliphatic rings. The first kappa shape index (κ1) is 11.4. The minimum absolute atomic E-state index is 0.0216. The maximum atomic E-state index is 12.7. The number of hydrogen-bond donors (Lipinski definition) is 0. The summed E-state index contributed by atoms with van der Waals surface area (Å²) in [5.41, 5.74) is -1.52. The first-order chi connectivity index (χ1) is 6.95. The van der Waals surface area contributed by atoms with Crippen molar-refractivity contribution in [1.82, 2.24) is 0 Å². The van der Waals surface area contributed by atoms with Gasteiger partial charge in [0.25, 0.3) is 0 Å². The van der Waals surface area contributed by atoms with Crippen molar-refractivity contribution in [3.05, 3.63) is 41.7 Å². The Balaban J connectivity index is 3.23. The number of rotatable bonds is 2. The molecule has 0 radical (unpaired) electrons. The number of halogens is 4. The third kappa shape index (κ3) is 2.90. The summed E-state index contributed by atoms with van der Waals surface area (Å²) in [4.78, 5) is 10.1. The average molecular weight is 218 g/mol. The molecular formula is C10H6F4O. The van der Waals surface area contributed by atoms with Crippen LogP contribution in [0.5, 0.6) is 0 Å². The van der Waals surface area contributed by atoms with E-state index in [2.05, 4.69) is 0 Å². The van der Waals surface area contributed by atoms with Crippen molar-refractivity contribution in [3.8, 4) is 0 Å². The number of allylic oxidation sites excluding steroid dienone is 2. The lowest BCUT2D eigenvalue weighted by Crippen LogP contribution is -2.11. The zero-order valence-electron chi connectivity index (χ0n) is 7.38. The van der Waals surface area contributed by atoms with E-state index in [-0.39, 0.29) is 11.8 Å². The van der Waals surface area contributed by atoms with Gasteiger partial charge in [-0.05, 0) is 23.8 Å². The van der Waals surface area contributed by atoms with Crippen LogP contribution in [0.1, 0.15) is 5.56 Å². The number of aldehydes is 1. The van der Waals surface area contributed by atoms with Crippen molar-refractivity contribution in [1.29, 1.82) is 0 Å². The Kier molecular flexibility index (Phi) is 3.24. The molecule has 5 heteroatoms. The van der Waals surface area contributed by atoms with Crippen LogP contribution in [-0.4, -0.2) is 12.5 Å². The predicted octanol–water partition coefficient (Wildman–Crippen LogP) is 2.97. The van der Waals surface area contributed by atoms with Crippen LogP contribution in [0.2, 0.25) is 0 Å². The van der Waals surface area contributed by atoms with Gasteiger partial charge in [-0.1, -0.05) is 12.1 Å². The van der Waals surface area contributed by atoms with E-state index in [0.717, 1.165) is 24.3 Å². The minimum atomic E-state index is -4.67. The lowest BCUT2D eigenvalue weighted by atomic mass is 10.1. The second-order valence-electron chi connectivity index (χ2n) is 2.72. The molecule has 0 aliphatic carbocycles. The molecule has 0 spiro atoms.